The van der Waals surface area contributed by atoms with Gasteiger partial charge in [-0.3, -0.25) is 9.59 Å². The quantitative estimate of drug-likeness (QED) is 0.727. The van der Waals surface area contributed by atoms with Gasteiger partial charge in [-0.15, -0.1) is 0 Å². The van der Waals surface area contributed by atoms with E-state index in [-0.39, 0.29) is 29.0 Å². The molecule has 1 saturated heterocycles. The molecule has 20 heavy (non-hydrogen) atoms. The molecular formula is C16H24O4. The molecule has 4 nitrogen and oxygen atoms in total. The zero-order chi connectivity index (χ0) is 14.9. The van der Waals surface area contributed by atoms with Crippen LogP contribution in [0.4, 0.5) is 0 Å². The summed E-state index contributed by atoms with van der Waals surface area (Å²) in [6.07, 6.45) is 1.03. The van der Waals surface area contributed by atoms with E-state index in [1.165, 1.54) is 0 Å². The van der Waals surface area contributed by atoms with Crippen LogP contribution in [0, 0.1) is 16.7 Å². The van der Waals surface area contributed by atoms with Gasteiger partial charge in [0.1, 0.15) is 0 Å². The second kappa shape index (κ2) is 3.92. The summed E-state index contributed by atoms with van der Waals surface area (Å²) in [5.41, 5.74) is -1.83. The first-order valence-electron chi connectivity index (χ1n) is 7.57. The first kappa shape index (κ1) is 14.2. The molecule has 4 heteroatoms. The molecule has 0 aromatic heterocycles. The Morgan fingerprint density at radius 2 is 1.90 bits per heavy atom. The van der Waals surface area contributed by atoms with E-state index in [1.54, 1.807) is 6.92 Å². The summed E-state index contributed by atoms with van der Waals surface area (Å²) in [4.78, 5) is 25.8. The largest absolute Gasteiger partial charge is 0.377 e. The summed E-state index contributed by atoms with van der Waals surface area (Å²) in [6.45, 7) is 10.4. The highest BCUT2D eigenvalue weighted by atomic mass is 16.6. The van der Waals surface area contributed by atoms with Gasteiger partial charge in [0, 0.05) is 12.5 Å². The predicted octanol–water partition coefficient (Wildman–Crippen LogP) is 2.14. The van der Waals surface area contributed by atoms with E-state index in [0.717, 1.165) is 12.8 Å². The van der Waals surface area contributed by atoms with Gasteiger partial charge in [-0.1, -0.05) is 13.8 Å². The van der Waals surface area contributed by atoms with Gasteiger partial charge in [0.15, 0.2) is 23.3 Å². The highest BCUT2D eigenvalue weighted by molar-refractivity contribution is 6.11. The van der Waals surface area contributed by atoms with Crippen molar-refractivity contribution in [2.75, 3.05) is 6.61 Å². The molecule has 0 aromatic rings. The normalized spacial score (nSPS) is 49.5. The zero-order valence-corrected chi connectivity index (χ0v) is 13.0. The third-order valence-corrected chi connectivity index (χ3v) is 5.76. The van der Waals surface area contributed by atoms with Crippen molar-refractivity contribution in [1.82, 2.24) is 0 Å². The minimum Gasteiger partial charge on any atom is -0.377 e. The van der Waals surface area contributed by atoms with Gasteiger partial charge in [-0.25, -0.2) is 0 Å². The molecule has 0 aromatic carbocycles. The van der Waals surface area contributed by atoms with E-state index >= 15 is 0 Å². The third kappa shape index (κ3) is 1.49. The van der Waals surface area contributed by atoms with Crippen LogP contribution in [0.3, 0.4) is 0 Å². The number of ketones is 2. The minimum atomic E-state index is -0.898. The summed E-state index contributed by atoms with van der Waals surface area (Å²) in [5, 5.41) is 0. The lowest BCUT2D eigenvalue weighted by atomic mass is 9.48. The maximum absolute atomic E-state index is 13.0. The van der Waals surface area contributed by atoms with Crippen LogP contribution in [0.5, 0.6) is 0 Å². The second-order valence-corrected chi connectivity index (χ2v) is 7.52. The third-order valence-electron chi connectivity index (χ3n) is 5.76. The van der Waals surface area contributed by atoms with Crippen LogP contribution >= 0.6 is 0 Å². The Kier molecular flexibility index (Phi) is 2.78. The van der Waals surface area contributed by atoms with Crippen LogP contribution in [0.15, 0.2) is 0 Å². The topological polar surface area (TPSA) is 55.9 Å². The number of Topliss-reactive ketones (excluding diaryl/α,β-unsaturated/α-hetero) is 2. The Morgan fingerprint density at radius 1 is 1.25 bits per heavy atom. The van der Waals surface area contributed by atoms with E-state index in [0.29, 0.717) is 6.61 Å². The lowest BCUT2D eigenvalue weighted by Gasteiger charge is -2.54. The number of ether oxygens (including phenoxy) is 2. The highest BCUT2D eigenvalue weighted by Gasteiger charge is 2.77. The molecule has 0 radical (unpaired) electrons. The van der Waals surface area contributed by atoms with Crippen molar-refractivity contribution in [3.63, 3.8) is 0 Å². The molecule has 1 aliphatic heterocycles. The fourth-order valence-corrected chi connectivity index (χ4v) is 4.76. The first-order chi connectivity index (χ1) is 9.19. The Morgan fingerprint density at radius 3 is 2.50 bits per heavy atom. The molecule has 3 aliphatic rings. The van der Waals surface area contributed by atoms with Crippen molar-refractivity contribution >= 4 is 11.6 Å². The molecule has 3 rings (SSSR count). The average Bonchev–Trinajstić information content (AvgIpc) is 3.05. The Labute approximate surface area is 120 Å². The molecule has 5 atom stereocenters. The van der Waals surface area contributed by atoms with Crippen LogP contribution in [-0.4, -0.2) is 36.0 Å². The monoisotopic (exact) mass is 280 g/mol. The summed E-state index contributed by atoms with van der Waals surface area (Å²) in [5.74, 6) is -0.136. The summed E-state index contributed by atoms with van der Waals surface area (Å²) in [7, 11) is 0. The minimum absolute atomic E-state index is 0.0609. The fourth-order valence-electron chi connectivity index (χ4n) is 4.76. The maximum atomic E-state index is 13.0. The molecule has 2 saturated carbocycles. The average molecular weight is 280 g/mol. The molecule has 0 spiro atoms. The van der Waals surface area contributed by atoms with Gasteiger partial charge >= 0.3 is 0 Å². The zero-order valence-electron chi connectivity index (χ0n) is 13.0. The van der Waals surface area contributed by atoms with Gasteiger partial charge in [-0.2, -0.15) is 0 Å². The summed E-state index contributed by atoms with van der Waals surface area (Å²) >= 11 is 0. The van der Waals surface area contributed by atoms with Crippen LogP contribution in [-0.2, 0) is 19.1 Å². The summed E-state index contributed by atoms with van der Waals surface area (Å²) < 4.78 is 11.4. The van der Waals surface area contributed by atoms with Crippen molar-refractivity contribution in [2.24, 2.45) is 16.7 Å². The number of carbonyl (C=O) groups excluding carboxylic acids is 2. The van der Waals surface area contributed by atoms with Crippen molar-refractivity contribution in [3.8, 4) is 0 Å². The second-order valence-electron chi connectivity index (χ2n) is 7.52. The standard InChI is InChI=1S/C16H24O4/c1-6-19-9-7-8-14(2,3)11-10(17)12-16(5,20-12)13(18)15(9,11)4/h9,11-12H,6-8H2,1-5H3/t9-,11-,12+,15-,16+/m0/s1. The predicted molar refractivity (Wildman–Crippen MR) is 73.3 cm³/mol. The van der Waals surface area contributed by atoms with Gasteiger partial charge in [0.25, 0.3) is 0 Å². The first-order valence-corrected chi connectivity index (χ1v) is 7.57. The molecule has 0 unspecified atom stereocenters. The van der Waals surface area contributed by atoms with Crippen LogP contribution in [0.25, 0.3) is 0 Å². The molecule has 112 valence electrons. The summed E-state index contributed by atoms with van der Waals surface area (Å²) in [6, 6.07) is 0. The van der Waals surface area contributed by atoms with E-state index in [4.69, 9.17) is 9.47 Å². The van der Waals surface area contributed by atoms with Crippen molar-refractivity contribution in [3.05, 3.63) is 0 Å². The highest BCUT2D eigenvalue weighted by Crippen LogP contribution is 2.62. The number of hydrogen-bond acceptors (Lipinski definition) is 4. The lowest BCUT2D eigenvalue weighted by Crippen LogP contribution is -2.65. The van der Waals surface area contributed by atoms with Crippen molar-refractivity contribution < 1.29 is 19.1 Å². The lowest BCUT2D eigenvalue weighted by molar-refractivity contribution is -0.175. The van der Waals surface area contributed by atoms with E-state index in [1.807, 2.05) is 13.8 Å². The number of epoxide rings is 1. The molecule has 0 bridgehead atoms. The molecule has 3 fully saturated rings. The Hall–Kier alpha value is -0.740. The molecule has 1 heterocycles. The van der Waals surface area contributed by atoms with E-state index < -0.39 is 17.1 Å². The SMILES string of the molecule is CCO[C@H]1CCC(C)(C)[C@@H]2C(=O)[C@H]3O[C@@]3(C)C(=O)[C@@]12C. The number of fused-ring (bicyclic) bond motifs is 2. The van der Waals surface area contributed by atoms with Crippen LogP contribution in [0.1, 0.15) is 47.5 Å². The smallest absolute Gasteiger partial charge is 0.176 e. The maximum Gasteiger partial charge on any atom is 0.176 e. The van der Waals surface area contributed by atoms with Gasteiger partial charge in [0.05, 0.1) is 11.5 Å². The van der Waals surface area contributed by atoms with Gasteiger partial charge < -0.3 is 9.47 Å². The fraction of sp³-hybridized carbons (Fsp3) is 0.875. The molecule has 0 amide bonds. The number of hydrogen-bond donors (Lipinski definition) is 0. The number of carbonyl (C=O) groups is 2. The Balaban J connectivity index is 2.10. The molecule has 2 aliphatic carbocycles. The van der Waals surface area contributed by atoms with Gasteiger partial charge in [-0.05, 0) is 39.0 Å². The van der Waals surface area contributed by atoms with E-state index in [2.05, 4.69) is 13.8 Å². The molecule has 0 N–H and O–H groups in total. The van der Waals surface area contributed by atoms with Crippen molar-refractivity contribution in [2.45, 2.75) is 65.3 Å². The van der Waals surface area contributed by atoms with E-state index in [9.17, 15) is 9.59 Å². The van der Waals surface area contributed by atoms with Gasteiger partial charge in [0.2, 0.25) is 0 Å². The van der Waals surface area contributed by atoms with Crippen LogP contribution in [0.2, 0.25) is 0 Å². The van der Waals surface area contributed by atoms with Crippen molar-refractivity contribution in [1.29, 1.82) is 0 Å². The molecular weight excluding hydrogens is 256 g/mol. The Bertz CT molecular complexity index is 483. The number of rotatable bonds is 2. The van der Waals surface area contributed by atoms with Crippen LogP contribution < -0.4 is 0 Å².